The summed E-state index contributed by atoms with van der Waals surface area (Å²) in [5.41, 5.74) is -0.874. The smallest absolute Gasteiger partial charge is 0.508 e. The van der Waals surface area contributed by atoms with Crippen molar-refractivity contribution in [3.63, 3.8) is 0 Å². The van der Waals surface area contributed by atoms with Crippen molar-refractivity contribution in [3.05, 3.63) is 93.1 Å². The van der Waals surface area contributed by atoms with Gasteiger partial charge in [0.25, 0.3) is 11.8 Å². The van der Waals surface area contributed by atoms with Crippen LogP contribution in [0.1, 0.15) is 61.1 Å². The van der Waals surface area contributed by atoms with Crippen LogP contribution < -0.4 is 10.2 Å². The van der Waals surface area contributed by atoms with Gasteiger partial charge in [-0.2, -0.15) is 18.2 Å². The molecule has 6 atom stereocenters. The van der Waals surface area contributed by atoms with E-state index in [1.54, 1.807) is 6.08 Å². The molecular formula is C39H32Cl2F6N4O8. The molecule has 3 aromatic rings. The first kappa shape index (κ1) is 41.8. The second kappa shape index (κ2) is 15.3. The molecule has 2 aromatic carbocycles. The number of carbonyl (C=O) groups excluding carboxylic acids is 4. The average Bonchev–Trinajstić information content (AvgIpc) is 3.52. The molecule has 20 heteroatoms. The number of unbranched alkanes of at least 4 members (excludes halogenated alkanes) is 2. The summed E-state index contributed by atoms with van der Waals surface area (Å²) in [6.45, 7) is -0.0263. The predicted molar refractivity (Wildman–Crippen MR) is 194 cm³/mol. The summed E-state index contributed by atoms with van der Waals surface area (Å²) in [5, 5.41) is 20.5. The molecule has 7 rings (SSSR count). The summed E-state index contributed by atoms with van der Waals surface area (Å²) in [7, 11) is 0. The SMILES string of the molecule is O=C(O)CCCCCN1C(=O)C2CC=C3C(CC4C(=O)N(Nc5ncc(C(F)(F)F)cc5Cl)C(=O)C4(c4ccc(Cl)cc4)C3c3cc(OC(F)(F)F)ccc3O)C2C1=O. The van der Waals surface area contributed by atoms with E-state index in [4.69, 9.17) is 28.3 Å². The number of anilines is 1. The Morgan fingerprint density at radius 2 is 1.64 bits per heavy atom. The van der Waals surface area contributed by atoms with E-state index >= 15 is 4.79 Å². The number of hydrazine groups is 1. The Hall–Kier alpha value is -5.36. The average molecular weight is 870 g/mol. The van der Waals surface area contributed by atoms with Gasteiger partial charge >= 0.3 is 18.5 Å². The lowest BCUT2D eigenvalue weighted by Crippen LogP contribution is -2.53. The molecule has 0 spiro atoms. The molecule has 0 bridgehead atoms. The third-order valence-electron chi connectivity index (χ3n) is 11.5. The number of phenols is 1. The summed E-state index contributed by atoms with van der Waals surface area (Å²) in [5.74, 6) is -12.2. The zero-order valence-corrected chi connectivity index (χ0v) is 31.8. The van der Waals surface area contributed by atoms with Gasteiger partial charge in [-0.25, -0.2) is 4.98 Å². The summed E-state index contributed by atoms with van der Waals surface area (Å²) in [6, 6.07) is 8.77. The van der Waals surface area contributed by atoms with Crippen LogP contribution in [0.2, 0.25) is 10.0 Å². The molecule has 1 aromatic heterocycles. The van der Waals surface area contributed by atoms with Gasteiger partial charge in [-0.3, -0.25) is 34.3 Å². The Kier molecular flexibility index (Phi) is 10.9. The van der Waals surface area contributed by atoms with Crippen molar-refractivity contribution in [2.45, 2.75) is 62.4 Å². The van der Waals surface area contributed by atoms with Crippen molar-refractivity contribution in [1.82, 2.24) is 14.9 Å². The number of carboxylic acids is 1. The zero-order chi connectivity index (χ0) is 42.8. The number of phenolic OH excluding ortho intramolecular Hbond substituents is 1. The van der Waals surface area contributed by atoms with Gasteiger partial charge in [-0.1, -0.05) is 53.4 Å². The van der Waals surface area contributed by atoms with Crippen molar-refractivity contribution in [1.29, 1.82) is 0 Å². The van der Waals surface area contributed by atoms with Crippen LogP contribution in [-0.4, -0.2) is 67.6 Å². The van der Waals surface area contributed by atoms with Crippen LogP contribution >= 0.6 is 23.2 Å². The van der Waals surface area contributed by atoms with Gasteiger partial charge in [-0.15, -0.1) is 13.2 Å². The molecule has 2 saturated heterocycles. The van der Waals surface area contributed by atoms with Crippen LogP contribution in [-0.2, 0) is 35.6 Å². The first-order valence-electron chi connectivity index (χ1n) is 18.2. The van der Waals surface area contributed by atoms with Crippen molar-refractivity contribution in [2.75, 3.05) is 12.0 Å². The fourth-order valence-corrected chi connectivity index (χ4v) is 9.43. The van der Waals surface area contributed by atoms with Crippen LogP contribution in [0.4, 0.5) is 32.2 Å². The summed E-state index contributed by atoms with van der Waals surface area (Å²) in [4.78, 5) is 73.9. The normalized spacial score (nSPS) is 25.4. The first-order valence-corrected chi connectivity index (χ1v) is 19.0. The van der Waals surface area contributed by atoms with E-state index in [1.807, 2.05) is 0 Å². The summed E-state index contributed by atoms with van der Waals surface area (Å²) in [6.07, 6.45) is -7.49. The zero-order valence-electron chi connectivity index (χ0n) is 30.3. The highest BCUT2D eigenvalue weighted by atomic mass is 35.5. The van der Waals surface area contributed by atoms with Gasteiger partial charge in [0.2, 0.25) is 11.8 Å². The number of carboxylic acid groups (broad SMARTS) is 1. The van der Waals surface area contributed by atoms with Gasteiger partial charge in [-0.05, 0) is 73.6 Å². The number of alkyl halides is 6. The van der Waals surface area contributed by atoms with Crippen LogP contribution in [0, 0.1) is 23.7 Å². The standard InChI is InChI=1S/C39H32Cl2F6N4O8/c40-20-7-5-18(6-8-20)37-26(34(56)51(36(37)58)49-32-27(41)14-19(17-48-32)38(42,43)44)16-24-22(31(37)25-15-21(9-12-28(25)52)59-39(45,46)47)10-11-23-30(24)35(57)50(33(23)55)13-3-1-2-4-29(53)54/h5-10,12,14-15,17,23-24,26,30-31,52H,1-4,11,13,16H2,(H,48,49)(H,53,54). The minimum absolute atomic E-state index is 0.0263. The number of aliphatic carboxylic acids is 1. The lowest BCUT2D eigenvalue weighted by atomic mass is 9.49. The van der Waals surface area contributed by atoms with E-state index in [-0.39, 0.29) is 47.5 Å². The Labute approximate surface area is 340 Å². The number of halogens is 8. The fraction of sp³-hybridized carbons (Fsp3) is 0.385. The summed E-state index contributed by atoms with van der Waals surface area (Å²) >= 11 is 12.4. The Morgan fingerprint density at radius 1 is 0.932 bits per heavy atom. The first-order chi connectivity index (χ1) is 27.7. The lowest BCUT2D eigenvalue weighted by molar-refractivity contribution is -0.274. The largest absolute Gasteiger partial charge is 0.573 e. The number of benzene rings is 2. The van der Waals surface area contributed by atoms with Crippen LogP contribution in [0.25, 0.3) is 0 Å². The molecule has 3 heterocycles. The summed E-state index contributed by atoms with van der Waals surface area (Å²) < 4.78 is 85.4. The lowest BCUT2D eigenvalue weighted by Gasteiger charge is -2.50. The third kappa shape index (κ3) is 7.45. The third-order valence-corrected chi connectivity index (χ3v) is 12.0. The fourth-order valence-electron chi connectivity index (χ4n) is 9.10. The van der Waals surface area contributed by atoms with Crippen molar-refractivity contribution in [2.24, 2.45) is 23.7 Å². The van der Waals surface area contributed by atoms with Gasteiger partial charge < -0.3 is 14.9 Å². The molecule has 2 aliphatic carbocycles. The van der Waals surface area contributed by atoms with E-state index in [1.165, 1.54) is 24.3 Å². The second-order valence-electron chi connectivity index (χ2n) is 14.7. The molecule has 1 saturated carbocycles. The molecule has 0 radical (unpaired) electrons. The molecule has 12 nitrogen and oxygen atoms in total. The van der Waals surface area contributed by atoms with Crippen molar-refractivity contribution in [3.8, 4) is 11.5 Å². The minimum atomic E-state index is -5.20. The maximum atomic E-state index is 15.3. The molecule has 2 aliphatic heterocycles. The van der Waals surface area contributed by atoms with E-state index in [9.17, 15) is 50.6 Å². The van der Waals surface area contributed by atoms with Gasteiger partial charge in [0.1, 0.15) is 11.5 Å². The van der Waals surface area contributed by atoms with Crippen molar-refractivity contribution >= 4 is 58.6 Å². The number of amides is 4. The monoisotopic (exact) mass is 868 g/mol. The van der Waals surface area contributed by atoms with Crippen LogP contribution in [0.3, 0.4) is 0 Å². The number of aromatic nitrogens is 1. The highest BCUT2D eigenvalue weighted by Crippen LogP contribution is 2.65. The van der Waals surface area contributed by atoms with Gasteiger partial charge in [0, 0.05) is 35.7 Å². The molecule has 3 fully saturated rings. The number of hydrogen-bond donors (Lipinski definition) is 3. The number of rotatable bonds is 11. The topological polar surface area (TPSA) is 166 Å². The van der Waals surface area contributed by atoms with Crippen molar-refractivity contribution < 1.29 is 65.3 Å². The molecule has 59 heavy (non-hydrogen) atoms. The number of imide groups is 2. The van der Waals surface area contributed by atoms with Gasteiger partial charge in [0.05, 0.1) is 33.8 Å². The molecule has 312 valence electrons. The maximum absolute atomic E-state index is 15.3. The van der Waals surface area contributed by atoms with E-state index < -0.39 is 105 Å². The maximum Gasteiger partial charge on any atom is 0.573 e. The Bertz CT molecular complexity index is 2270. The minimum Gasteiger partial charge on any atom is -0.508 e. The molecule has 3 N–H and O–H groups in total. The number of fused-ring (bicyclic) bond motifs is 4. The van der Waals surface area contributed by atoms with Crippen LogP contribution in [0.5, 0.6) is 11.5 Å². The molecular weight excluding hydrogens is 837 g/mol. The number of nitrogens with zero attached hydrogens (tertiary/aromatic N) is 3. The molecule has 4 amide bonds. The van der Waals surface area contributed by atoms with E-state index in [0.717, 1.165) is 23.1 Å². The Morgan fingerprint density at radius 3 is 2.29 bits per heavy atom. The Balaban J connectivity index is 1.38. The quantitative estimate of drug-likeness (QED) is 0.0755. The van der Waals surface area contributed by atoms with Crippen LogP contribution in [0.15, 0.2) is 66.4 Å². The predicted octanol–water partition coefficient (Wildman–Crippen LogP) is 7.64. The number of likely N-dealkylation sites (tertiary alicyclic amines) is 1. The number of aromatic hydroxyl groups is 1. The molecule has 4 aliphatic rings. The number of carbonyl (C=O) groups is 5. The highest BCUT2D eigenvalue weighted by molar-refractivity contribution is 6.33. The number of ether oxygens (including phenoxy) is 1. The number of hydrogen-bond acceptors (Lipinski definition) is 9. The van der Waals surface area contributed by atoms with E-state index in [0.29, 0.717) is 36.5 Å². The van der Waals surface area contributed by atoms with E-state index in [2.05, 4.69) is 15.1 Å². The highest BCUT2D eigenvalue weighted by Gasteiger charge is 2.70. The van der Waals surface area contributed by atoms with Gasteiger partial charge in [0.15, 0.2) is 5.82 Å². The second-order valence-corrected chi connectivity index (χ2v) is 15.6. The molecule has 6 unspecified atom stereocenters. The number of pyridine rings is 1. The number of allylic oxidation sites excluding steroid dienone is 2. The number of nitrogens with one attached hydrogen (secondary N) is 1.